The average Bonchev–Trinajstić information content (AvgIpc) is 3.26. The molecule has 1 atom stereocenters. The number of hydrogen-bond donors (Lipinski definition) is 0. The minimum atomic E-state index is 0.126. The van der Waals surface area contributed by atoms with Gasteiger partial charge in [-0.1, -0.05) is 24.1 Å². The van der Waals surface area contributed by atoms with Crippen molar-refractivity contribution in [3.63, 3.8) is 0 Å². The summed E-state index contributed by atoms with van der Waals surface area (Å²) in [5, 5.41) is 0. The third-order valence-electron chi connectivity index (χ3n) is 5.29. The van der Waals surface area contributed by atoms with E-state index in [-0.39, 0.29) is 11.8 Å². The first-order valence-electron chi connectivity index (χ1n) is 9.75. The van der Waals surface area contributed by atoms with Crippen molar-refractivity contribution in [2.45, 2.75) is 46.1 Å². The number of aromatic nitrogens is 3. The largest absolute Gasteiger partial charge is 0.338 e. The number of benzene rings is 1. The number of carbonyl (C=O) groups is 1. The third-order valence-corrected chi connectivity index (χ3v) is 5.29. The van der Waals surface area contributed by atoms with Crippen LogP contribution in [0.5, 0.6) is 0 Å². The van der Waals surface area contributed by atoms with Gasteiger partial charge >= 0.3 is 0 Å². The van der Waals surface area contributed by atoms with Gasteiger partial charge in [0.2, 0.25) is 0 Å². The van der Waals surface area contributed by atoms with Crippen molar-refractivity contribution >= 4 is 17.1 Å². The number of fused-ring (bicyclic) bond motifs is 1. The molecule has 1 aliphatic rings. The standard InChI is InChI=1S/C22H26N4O/c1-4-9-26-20(24-19-6-5-8-23-21(19)26)17-7-10-25(14-17)22(27)18-12-15(2)11-16(3)13-18/h5-6,8,11-13,17H,4,7,9-10,14H2,1-3H3/t17-/m1/s1. The molecule has 1 saturated heterocycles. The Labute approximate surface area is 160 Å². The third kappa shape index (κ3) is 3.34. The summed E-state index contributed by atoms with van der Waals surface area (Å²) in [4.78, 5) is 24.4. The Morgan fingerprint density at radius 2 is 2.00 bits per heavy atom. The van der Waals surface area contributed by atoms with Gasteiger partial charge in [0.15, 0.2) is 5.65 Å². The van der Waals surface area contributed by atoms with E-state index in [0.29, 0.717) is 0 Å². The summed E-state index contributed by atoms with van der Waals surface area (Å²) in [5.74, 6) is 1.46. The highest BCUT2D eigenvalue weighted by molar-refractivity contribution is 5.94. The van der Waals surface area contributed by atoms with Crippen LogP contribution in [0.25, 0.3) is 11.2 Å². The number of hydrogen-bond acceptors (Lipinski definition) is 3. The summed E-state index contributed by atoms with van der Waals surface area (Å²) in [5.41, 5.74) is 4.94. The molecule has 2 aromatic heterocycles. The summed E-state index contributed by atoms with van der Waals surface area (Å²) in [6, 6.07) is 10.0. The fourth-order valence-corrected chi connectivity index (χ4v) is 4.17. The monoisotopic (exact) mass is 362 g/mol. The van der Waals surface area contributed by atoms with Crippen molar-refractivity contribution in [3.05, 3.63) is 59.0 Å². The highest BCUT2D eigenvalue weighted by atomic mass is 16.2. The lowest BCUT2D eigenvalue weighted by Gasteiger charge is -2.18. The predicted octanol–water partition coefficient (Wildman–Crippen LogP) is 4.09. The minimum absolute atomic E-state index is 0.126. The van der Waals surface area contributed by atoms with Crippen LogP contribution >= 0.6 is 0 Å². The molecule has 0 bridgehead atoms. The van der Waals surface area contributed by atoms with Crippen LogP contribution in [0.15, 0.2) is 36.5 Å². The van der Waals surface area contributed by atoms with Crippen LogP contribution in [0.1, 0.15) is 53.0 Å². The Morgan fingerprint density at radius 3 is 2.74 bits per heavy atom. The molecule has 1 aromatic carbocycles. The van der Waals surface area contributed by atoms with E-state index in [1.807, 2.05) is 49.2 Å². The van der Waals surface area contributed by atoms with Crippen LogP contribution in [-0.2, 0) is 6.54 Å². The van der Waals surface area contributed by atoms with Gasteiger partial charge in [0.1, 0.15) is 11.3 Å². The number of likely N-dealkylation sites (tertiary alicyclic amines) is 1. The molecule has 27 heavy (non-hydrogen) atoms. The minimum Gasteiger partial charge on any atom is -0.338 e. The van der Waals surface area contributed by atoms with Crippen molar-refractivity contribution in [2.24, 2.45) is 0 Å². The molecule has 0 aliphatic carbocycles. The van der Waals surface area contributed by atoms with Crippen LogP contribution < -0.4 is 0 Å². The fraction of sp³-hybridized carbons (Fsp3) is 0.409. The molecular weight excluding hydrogens is 336 g/mol. The molecule has 1 fully saturated rings. The fourth-order valence-electron chi connectivity index (χ4n) is 4.17. The molecule has 1 aliphatic heterocycles. The van der Waals surface area contributed by atoms with Crippen LogP contribution in [-0.4, -0.2) is 38.4 Å². The van der Waals surface area contributed by atoms with Gasteiger partial charge < -0.3 is 9.47 Å². The van der Waals surface area contributed by atoms with Crippen molar-refractivity contribution in [1.29, 1.82) is 0 Å². The zero-order valence-electron chi connectivity index (χ0n) is 16.3. The lowest BCUT2D eigenvalue weighted by atomic mass is 10.1. The summed E-state index contributed by atoms with van der Waals surface area (Å²) in [7, 11) is 0. The molecule has 140 valence electrons. The van der Waals surface area contributed by atoms with Gasteiger partial charge in [-0.15, -0.1) is 0 Å². The first kappa shape index (κ1) is 17.7. The van der Waals surface area contributed by atoms with Crippen molar-refractivity contribution in [2.75, 3.05) is 13.1 Å². The molecular formula is C22H26N4O. The maximum absolute atomic E-state index is 13.0. The topological polar surface area (TPSA) is 51.0 Å². The van der Waals surface area contributed by atoms with Crippen molar-refractivity contribution in [3.8, 4) is 0 Å². The van der Waals surface area contributed by atoms with Gasteiger partial charge in [0.25, 0.3) is 5.91 Å². The summed E-state index contributed by atoms with van der Waals surface area (Å²) < 4.78 is 2.24. The number of amides is 1. The number of aryl methyl sites for hydroxylation is 3. The van der Waals surface area contributed by atoms with Gasteiger partial charge in [-0.25, -0.2) is 9.97 Å². The lowest BCUT2D eigenvalue weighted by molar-refractivity contribution is 0.0790. The Bertz CT molecular complexity index is 971. The first-order valence-corrected chi connectivity index (χ1v) is 9.75. The number of nitrogens with zero attached hydrogens (tertiary/aromatic N) is 4. The molecule has 3 aromatic rings. The van der Waals surface area contributed by atoms with E-state index < -0.39 is 0 Å². The Kier molecular flexibility index (Phi) is 4.68. The molecule has 0 spiro atoms. The second-order valence-electron chi connectivity index (χ2n) is 7.58. The Morgan fingerprint density at radius 1 is 1.22 bits per heavy atom. The zero-order chi connectivity index (χ0) is 19.0. The van der Waals surface area contributed by atoms with E-state index in [0.717, 1.165) is 66.2 Å². The van der Waals surface area contributed by atoms with Gasteiger partial charge in [0.05, 0.1) is 0 Å². The normalized spacial score (nSPS) is 17.0. The second kappa shape index (κ2) is 7.14. The highest BCUT2D eigenvalue weighted by Gasteiger charge is 2.31. The molecule has 5 nitrogen and oxygen atoms in total. The lowest BCUT2D eigenvalue weighted by Crippen LogP contribution is -2.29. The zero-order valence-corrected chi connectivity index (χ0v) is 16.3. The molecule has 0 radical (unpaired) electrons. The maximum Gasteiger partial charge on any atom is 0.253 e. The molecule has 4 rings (SSSR count). The van der Waals surface area contributed by atoms with Crippen molar-refractivity contribution in [1.82, 2.24) is 19.4 Å². The van der Waals surface area contributed by atoms with E-state index in [9.17, 15) is 4.79 Å². The van der Waals surface area contributed by atoms with E-state index in [1.54, 1.807) is 0 Å². The number of imidazole rings is 1. The molecule has 5 heteroatoms. The Hall–Kier alpha value is -2.69. The molecule has 0 N–H and O–H groups in total. The SMILES string of the molecule is CCCn1c([C@@H]2CCN(C(=O)c3cc(C)cc(C)c3)C2)nc2cccnc21. The molecule has 0 unspecified atom stereocenters. The predicted molar refractivity (Wildman–Crippen MR) is 107 cm³/mol. The van der Waals surface area contributed by atoms with Gasteiger partial charge in [-0.3, -0.25) is 4.79 Å². The number of carbonyl (C=O) groups excluding carboxylic acids is 1. The summed E-state index contributed by atoms with van der Waals surface area (Å²) in [6.45, 7) is 8.65. The van der Waals surface area contributed by atoms with E-state index in [1.165, 1.54) is 0 Å². The van der Waals surface area contributed by atoms with E-state index in [2.05, 4.69) is 22.5 Å². The smallest absolute Gasteiger partial charge is 0.253 e. The highest BCUT2D eigenvalue weighted by Crippen LogP contribution is 2.30. The van der Waals surface area contributed by atoms with Gasteiger partial charge in [-0.2, -0.15) is 0 Å². The van der Waals surface area contributed by atoms with E-state index in [4.69, 9.17) is 4.98 Å². The quantitative estimate of drug-likeness (QED) is 0.702. The maximum atomic E-state index is 13.0. The first-order chi connectivity index (χ1) is 13.1. The van der Waals surface area contributed by atoms with Crippen LogP contribution in [0.4, 0.5) is 0 Å². The number of rotatable bonds is 4. The molecule has 1 amide bonds. The van der Waals surface area contributed by atoms with Gasteiger partial charge in [-0.05, 0) is 51.0 Å². The average molecular weight is 362 g/mol. The summed E-state index contributed by atoms with van der Waals surface area (Å²) in [6.07, 6.45) is 3.81. The van der Waals surface area contributed by atoms with Crippen LogP contribution in [0, 0.1) is 13.8 Å². The van der Waals surface area contributed by atoms with Gasteiger partial charge in [0, 0.05) is 37.3 Å². The van der Waals surface area contributed by atoms with E-state index >= 15 is 0 Å². The molecule has 0 saturated carbocycles. The van der Waals surface area contributed by atoms with Crippen LogP contribution in [0.3, 0.4) is 0 Å². The Balaban J connectivity index is 1.60. The number of pyridine rings is 1. The van der Waals surface area contributed by atoms with Crippen molar-refractivity contribution < 1.29 is 4.79 Å². The molecule has 3 heterocycles. The summed E-state index contributed by atoms with van der Waals surface area (Å²) >= 11 is 0. The van der Waals surface area contributed by atoms with Crippen LogP contribution in [0.2, 0.25) is 0 Å². The second-order valence-corrected chi connectivity index (χ2v) is 7.58.